The molecule has 0 aliphatic heterocycles. The Morgan fingerprint density at radius 3 is 2.18 bits per heavy atom. The first-order valence-electron chi connectivity index (χ1n) is 4.82. The lowest BCUT2D eigenvalue weighted by atomic mass is 9.71. The highest BCUT2D eigenvalue weighted by atomic mass is 14.3. The van der Waals surface area contributed by atoms with E-state index < -0.39 is 0 Å². The van der Waals surface area contributed by atoms with E-state index in [2.05, 4.69) is 26.8 Å². The second-order valence-corrected chi connectivity index (χ2v) is 4.09. The van der Waals surface area contributed by atoms with Gasteiger partial charge in [-0.05, 0) is 32.1 Å². The predicted molar refractivity (Wildman–Crippen MR) is 50.6 cm³/mol. The van der Waals surface area contributed by atoms with E-state index in [0.717, 1.165) is 0 Å². The molecule has 0 N–H and O–H groups in total. The highest BCUT2D eigenvalue weighted by Crippen LogP contribution is 2.41. The molecule has 0 aromatic rings. The molecule has 1 aliphatic rings. The molecular formula is C11H20. The lowest BCUT2D eigenvalue weighted by molar-refractivity contribution is 0.267. The van der Waals surface area contributed by atoms with E-state index in [-0.39, 0.29) is 0 Å². The van der Waals surface area contributed by atoms with Crippen LogP contribution in [0.25, 0.3) is 0 Å². The first-order valence-corrected chi connectivity index (χ1v) is 4.82. The smallest absolute Gasteiger partial charge is 0.0119 e. The van der Waals surface area contributed by atoms with E-state index in [9.17, 15) is 0 Å². The van der Waals surface area contributed by atoms with Gasteiger partial charge in [-0.3, -0.25) is 0 Å². The quantitative estimate of drug-likeness (QED) is 0.499. The fourth-order valence-corrected chi connectivity index (χ4v) is 2.07. The molecule has 0 amide bonds. The first kappa shape index (κ1) is 8.83. The Balaban J connectivity index is 2.64. The summed E-state index contributed by atoms with van der Waals surface area (Å²) >= 11 is 0. The molecule has 1 saturated carbocycles. The molecular weight excluding hydrogens is 132 g/mol. The number of hydrogen-bond acceptors (Lipinski definition) is 0. The third kappa shape index (κ3) is 1.85. The predicted octanol–water partition coefficient (Wildman–Crippen LogP) is 3.92. The van der Waals surface area contributed by atoms with Gasteiger partial charge in [0.1, 0.15) is 0 Å². The normalized spacial score (nSPS) is 25.2. The summed E-state index contributed by atoms with van der Waals surface area (Å²) in [6.45, 7) is 6.86. The molecule has 11 heavy (non-hydrogen) atoms. The minimum atomic E-state index is 0.549. The molecule has 0 aromatic carbocycles. The summed E-state index contributed by atoms with van der Waals surface area (Å²) in [6.07, 6.45) is 9.41. The number of allylic oxidation sites excluding steroid dienone is 2. The number of rotatable bonds is 1. The molecule has 0 atom stereocenters. The van der Waals surface area contributed by atoms with Crippen LogP contribution in [0.3, 0.4) is 0 Å². The van der Waals surface area contributed by atoms with E-state index in [1.807, 2.05) is 0 Å². The molecule has 0 unspecified atom stereocenters. The summed E-state index contributed by atoms with van der Waals surface area (Å²) in [5.74, 6) is 0. The van der Waals surface area contributed by atoms with Crippen molar-refractivity contribution in [3.05, 3.63) is 11.6 Å². The summed E-state index contributed by atoms with van der Waals surface area (Å²) in [5.41, 5.74) is 2.14. The monoisotopic (exact) mass is 152 g/mol. The molecule has 0 nitrogen and oxygen atoms in total. The Hall–Kier alpha value is -0.260. The zero-order chi connectivity index (χ0) is 8.32. The maximum absolute atomic E-state index is 2.42. The number of hydrogen-bond donors (Lipinski definition) is 0. The van der Waals surface area contributed by atoms with Crippen LogP contribution in [0.1, 0.15) is 52.9 Å². The fourth-order valence-electron chi connectivity index (χ4n) is 2.07. The highest BCUT2D eigenvalue weighted by Gasteiger charge is 2.27. The van der Waals surface area contributed by atoms with Crippen molar-refractivity contribution in [3.8, 4) is 0 Å². The second-order valence-electron chi connectivity index (χ2n) is 4.09. The van der Waals surface area contributed by atoms with Crippen molar-refractivity contribution in [2.75, 3.05) is 0 Å². The van der Waals surface area contributed by atoms with Crippen LogP contribution in [-0.2, 0) is 0 Å². The Bertz CT molecular complexity index is 147. The van der Waals surface area contributed by atoms with Crippen LogP contribution in [0, 0.1) is 5.41 Å². The van der Waals surface area contributed by atoms with Gasteiger partial charge in [-0.2, -0.15) is 0 Å². The molecule has 0 heteroatoms. The molecule has 1 rings (SSSR count). The Labute approximate surface area is 70.7 Å². The lowest BCUT2D eigenvalue weighted by Gasteiger charge is -2.34. The molecule has 0 saturated heterocycles. The molecule has 1 fully saturated rings. The Morgan fingerprint density at radius 1 is 1.18 bits per heavy atom. The van der Waals surface area contributed by atoms with Gasteiger partial charge in [-0.25, -0.2) is 0 Å². The van der Waals surface area contributed by atoms with Crippen molar-refractivity contribution in [1.82, 2.24) is 0 Å². The van der Waals surface area contributed by atoms with Crippen molar-refractivity contribution < 1.29 is 0 Å². The van der Waals surface area contributed by atoms with Gasteiger partial charge < -0.3 is 0 Å². The average Bonchev–Trinajstić information content (AvgIpc) is 2.04. The van der Waals surface area contributed by atoms with Crippen LogP contribution in [0.4, 0.5) is 0 Å². The SMILES string of the molecule is C/C=C(\C)C1(C)CCCCC1. The van der Waals surface area contributed by atoms with Gasteiger partial charge in [-0.15, -0.1) is 0 Å². The summed E-state index contributed by atoms with van der Waals surface area (Å²) in [4.78, 5) is 0. The lowest BCUT2D eigenvalue weighted by Crippen LogP contribution is -2.21. The van der Waals surface area contributed by atoms with Crippen molar-refractivity contribution in [2.24, 2.45) is 5.41 Å². The van der Waals surface area contributed by atoms with E-state index in [0.29, 0.717) is 5.41 Å². The Kier molecular flexibility index (Phi) is 2.75. The van der Waals surface area contributed by atoms with Gasteiger partial charge in [0.15, 0.2) is 0 Å². The molecule has 1 aliphatic carbocycles. The van der Waals surface area contributed by atoms with E-state index >= 15 is 0 Å². The van der Waals surface area contributed by atoms with Crippen LogP contribution in [0.2, 0.25) is 0 Å². The summed E-state index contributed by atoms with van der Waals surface area (Å²) in [5, 5.41) is 0. The molecule has 64 valence electrons. The van der Waals surface area contributed by atoms with E-state index in [1.54, 1.807) is 5.57 Å². The second kappa shape index (κ2) is 3.42. The molecule has 0 heterocycles. The molecule has 0 aromatic heterocycles. The van der Waals surface area contributed by atoms with Crippen LogP contribution < -0.4 is 0 Å². The summed E-state index contributed by atoms with van der Waals surface area (Å²) < 4.78 is 0. The van der Waals surface area contributed by atoms with Gasteiger partial charge in [0, 0.05) is 0 Å². The third-order valence-corrected chi connectivity index (χ3v) is 3.34. The standard InChI is InChI=1S/C11H20/c1-4-10(2)11(3)8-6-5-7-9-11/h4H,5-9H2,1-3H3/b10-4+. The molecule has 0 radical (unpaired) electrons. The van der Waals surface area contributed by atoms with Crippen LogP contribution in [0.15, 0.2) is 11.6 Å². The highest BCUT2D eigenvalue weighted by molar-refractivity contribution is 5.10. The maximum atomic E-state index is 2.42. The van der Waals surface area contributed by atoms with Crippen LogP contribution in [0.5, 0.6) is 0 Å². The minimum absolute atomic E-state index is 0.549. The fraction of sp³-hybridized carbons (Fsp3) is 0.818. The van der Waals surface area contributed by atoms with Gasteiger partial charge in [0.2, 0.25) is 0 Å². The van der Waals surface area contributed by atoms with Gasteiger partial charge in [0.25, 0.3) is 0 Å². The minimum Gasteiger partial charge on any atom is -0.0882 e. The molecule has 0 bridgehead atoms. The van der Waals surface area contributed by atoms with E-state index in [4.69, 9.17) is 0 Å². The van der Waals surface area contributed by atoms with Crippen molar-refractivity contribution in [2.45, 2.75) is 52.9 Å². The van der Waals surface area contributed by atoms with Crippen molar-refractivity contribution in [3.63, 3.8) is 0 Å². The van der Waals surface area contributed by atoms with Gasteiger partial charge >= 0.3 is 0 Å². The topological polar surface area (TPSA) is 0 Å². The van der Waals surface area contributed by atoms with Gasteiger partial charge in [-0.1, -0.05) is 37.8 Å². The largest absolute Gasteiger partial charge is 0.0882 e. The first-order chi connectivity index (χ1) is 5.19. The molecule has 0 spiro atoms. The zero-order valence-electron chi connectivity index (χ0n) is 8.11. The van der Waals surface area contributed by atoms with Crippen LogP contribution in [-0.4, -0.2) is 0 Å². The Morgan fingerprint density at radius 2 is 1.73 bits per heavy atom. The zero-order valence-corrected chi connectivity index (χ0v) is 8.11. The third-order valence-electron chi connectivity index (χ3n) is 3.34. The summed E-state index contributed by atoms with van der Waals surface area (Å²) in [6, 6.07) is 0. The van der Waals surface area contributed by atoms with E-state index in [1.165, 1.54) is 32.1 Å². The maximum Gasteiger partial charge on any atom is -0.0119 e. The van der Waals surface area contributed by atoms with Crippen LogP contribution >= 0.6 is 0 Å². The average molecular weight is 152 g/mol. The van der Waals surface area contributed by atoms with Gasteiger partial charge in [0.05, 0.1) is 0 Å². The summed E-state index contributed by atoms with van der Waals surface area (Å²) in [7, 11) is 0. The van der Waals surface area contributed by atoms with Crippen molar-refractivity contribution >= 4 is 0 Å². The van der Waals surface area contributed by atoms with Crippen molar-refractivity contribution in [1.29, 1.82) is 0 Å².